The van der Waals surface area contributed by atoms with Crippen molar-refractivity contribution < 1.29 is 19.7 Å². The number of aliphatic hydroxyl groups excluding tert-OH is 2. The van der Waals surface area contributed by atoms with Crippen molar-refractivity contribution in [1.82, 2.24) is 0 Å². The van der Waals surface area contributed by atoms with Crippen LogP contribution in [0.5, 0.6) is 11.5 Å². The van der Waals surface area contributed by atoms with Gasteiger partial charge in [0.15, 0.2) is 0 Å². The molecular weight excluding hydrogens is 280 g/mol. The van der Waals surface area contributed by atoms with Gasteiger partial charge in [-0.3, -0.25) is 0 Å². The first-order valence-electron chi connectivity index (χ1n) is 6.80. The van der Waals surface area contributed by atoms with Crippen LogP contribution in [-0.4, -0.2) is 36.6 Å². The summed E-state index contributed by atoms with van der Waals surface area (Å²) < 4.78 is 10.4. The molecule has 0 aliphatic rings. The second kappa shape index (κ2) is 8.35. The molecule has 5 heteroatoms. The van der Waals surface area contributed by atoms with E-state index >= 15 is 0 Å². The molecule has 0 spiro atoms. The van der Waals surface area contributed by atoms with Crippen LogP contribution in [0, 0.1) is 0 Å². The van der Waals surface area contributed by atoms with E-state index in [0.29, 0.717) is 35.8 Å². The lowest BCUT2D eigenvalue weighted by Crippen LogP contribution is -2.26. The fourth-order valence-corrected chi connectivity index (χ4v) is 2.37. The molecule has 0 saturated carbocycles. The number of hydrogen-bond acceptors (Lipinski definition) is 4. The molecule has 0 fully saturated rings. The number of ether oxygens (including phenoxy) is 2. The predicted molar refractivity (Wildman–Crippen MR) is 79.8 cm³/mol. The van der Waals surface area contributed by atoms with Gasteiger partial charge in [-0.1, -0.05) is 24.9 Å². The highest BCUT2D eigenvalue weighted by molar-refractivity contribution is 6.32. The second-order valence-electron chi connectivity index (χ2n) is 4.76. The highest BCUT2D eigenvalue weighted by Crippen LogP contribution is 2.33. The molecule has 0 radical (unpaired) electrons. The van der Waals surface area contributed by atoms with Gasteiger partial charge in [0.05, 0.1) is 31.5 Å². The first kappa shape index (κ1) is 17.1. The van der Waals surface area contributed by atoms with Crippen LogP contribution in [0.25, 0.3) is 0 Å². The molecule has 114 valence electrons. The minimum atomic E-state index is -0.736. The molecule has 0 aliphatic heterocycles. The highest BCUT2D eigenvalue weighted by atomic mass is 35.5. The Morgan fingerprint density at radius 1 is 1.05 bits per heavy atom. The Morgan fingerprint density at radius 2 is 1.65 bits per heavy atom. The lowest BCUT2D eigenvalue weighted by molar-refractivity contribution is 0.00974. The van der Waals surface area contributed by atoms with Gasteiger partial charge < -0.3 is 19.7 Å². The van der Waals surface area contributed by atoms with Crippen LogP contribution in [0.1, 0.15) is 31.7 Å². The maximum Gasteiger partial charge on any atom is 0.141 e. The summed E-state index contributed by atoms with van der Waals surface area (Å²) >= 11 is 6.09. The minimum absolute atomic E-state index is 0.459. The summed E-state index contributed by atoms with van der Waals surface area (Å²) in [5.41, 5.74) is 0.890. The summed E-state index contributed by atoms with van der Waals surface area (Å²) in [6.07, 6.45) is 1.06. The van der Waals surface area contributed by atoms with Crippen LogP contribution in [0.15, 0.2) is 12.1 Å². The molecule has 4 nitrogen and oxygen atoms in total. The Hall–Kier alpha value is -0.970. The molecule has 2 atom stereocenters. The Balaban J connectivity index is 2.74. The molecule has 2 unspecified atom stereocenters. The molecule has 1 aromatic carbocycles. The van der Waals surface area contributed by atoms with Gasteiger partial charge in [0.1, 0.15) is 11.5 Å². The van der Waals surface area contributed by atoms with Gasteiger partial charge in [-0.25, -0.2) is 0 Å². The molecule has 0 saturated heterocycles. The quantitative estimate of drug-likeness (QED) is 0.775. The van der Waals surface area contributed by atoms with Crippen LogP contribution < -0.4 is 9.47 Å². The lowest BCUT2D eigenvalue weighted by Gasteiger charge is -2.18. The monoisotopic (exact) mass is 302 g/mol. The van der Waals surface area contributed by atoms with Crippen molar-refractivity contribution in [3.8, 4) is 11.5 Å². The van der Waals surface area contributed by atoms with Crippen molar-refractivity contribution in [3.63, 3.8) is 0 Å². The largest absolute Gasteiger partial charge is 0.496 e. The average molecular weight is 303 g/mol. The van der Waals surface area contributed by atoms with Gasteiger partial charge in [-0.2, -0.15) is 0 Å². The van der Waals surface area contributed by atoms with Crippen molar-refractivity contribution in [3.05, 3.63) is 22.7 Å². The van der Waals surface area contributed by atoms with Gasteiger partial charge in [0, 0.05) is 6.07 Å². The Labute approximate surface area is 125 Å². The topological polar surface area (TPSA) is 58.9 Å². The Morgan fingerprint density at radius 3 is 2.20 bits per heavy atom. The summed E-state index contributed by atoms with van der Waals surface area (Å²) in [5, 5.41) is 20.1. The van der Waals surface area contributed by atoms with E-state index in [0.717, 1.165) is 12.0 Å². The Bertz CT molecular complexity index is 423. The van der Waals surface area contributed by atoms with Gasteiger partial charge in [0.25, 0.3) is 0 Å². The van der Waals surface area contributed by atoms with Crippen molar-refractivity contribution >= 4 is 11.6 Å². The molecule has 0 heterocycles. The highest BCUT2D eigenvalue weighted by Gasteiger charge is 2.17. The molecule has 20 heavy (non-hydrogen) atoms. The van der Waals surface area contributed by atoms with Gasteiger partial charge in [-0.05, 0) is 30.9 Å². The first-order chi connectivity index (χ1) is 9.53. The molecular formula is C15H23ClO4. The van der Waals surface area contributed by atoms with E-state index in [-0.39, 0.29) is 0 Å². The third kappa shape index (κ3) is 4.54. The average Bonchev–Trinajstić information content (AvgIpc) is 2.44. The third-order valence-corrected chi connectivity index (χ3v) is 3.59. The van der Waals surface area contributed by atoms with Gasteiger partial charge in [0.2, 0.25) is 0 Å². The van der Waals surface area contributed by atoms with E-state index in [1.54, 1.807) is 26.4 Å². The van der Waals surface area contributed by atoms with Crippen LogP contribution in [0.2, 0.25) is 5.02 Å². The summed E-state index contributed by atoms with van der Waals surface area (Å²) in [5.74, 6) is 1.22. The van der Waals surface area contributed by atoms with Crippen LogP contribution >= 0.6 is 11.6 Å². The van der Waals surface area contributed by atoms with Crippen LogP contribution in [0.4, 0.5) is 0 Å². The molecule has 0 aliphatic carbocycles. The summed E-state index contributed by atoms with van der Waals surface area (Å²) in [6.45, 7) is 1.97. The maximum absolute atomic E-state index is 9.90. The SMILES string of the molecule is CCCC(O)C(O)CCc1cc(Cl)c(OC)cc1OC. The predicted octanol–water partition coefficient (Wildman–Crippen LogP) is 2.81. The molecule has 0 bridgehead atoms. The van der Waals surface area contributed by atoms with Crippen LogP contribution in [0.3, 0.4) is 0 Å². The Kier molecular flexibility index (Phi) is 7.13. The summed E-state index contributed by atoms with van der Waals surface area (Å²) in [7, 11) is 3.12. The van der Waals surface area contributed by atoms with Gasteiger partial charge in [-0.15, -0.1) is 0 Å². The van der Waals surface area contributed by atoms with Crippen molar-refractivity contribution in [2.24, 2.45) is 0 Å². The zero-order valence-electron chi connectivity index (χ0n) is 12.2. The second-order valence-corrected chi connectivity index (χ2v) is 5.17. The van der Waals surface area contributed by atoms with Gasteiger partial charge >= 0.3 is 0 Å². The minimum Gasteiger partial charge on any atom is -0.496 e. The first-order valence-corrected chi connectivity index (χ1v) is 7.17. The van der Waals surface area contributed by atoms with E-state index in [4.69, 9.17) is 21.1 Å². The molecule has 0 amide bonds. The summed E-state index contributed by atoms with van der Waals surface area (Å²) in [4.78, 5) is 0. The molecule has 1 rings (SSSR count). The van der Waals surface area contributed by atoms with E-state index in [1.807, 2.05) is 6.92 Å². The molecule has 1 aromatic rings. The summed E-state index contributed by atoms with van der Waals surface area (Å²) in [6, 6.07) is 3.50. The fraction of sp³-hybridized carbons (Fsp3) is 0.600. The fourth-order valence-electron chi connectivity index (χ4n) is 2.10. The third-order valence-electron chi connectivity index (χ3n) is 3.29. The number of rotatable bonds is 8. The normalized spacial score (nSPS) is 13.9. The van der Waals surface area contributed by atoms with Crippen LogP contribution in [-0.2, 0) is 6.42 Å². The lowest BCUT2D eigenvalue weighted by atomic mass is 10.0. The van der Waals surface area contributed by atoms with E-state index in [9.17, 15) is 10.2 Å². The number of hydrogen-bond donors (Lipinski definition) is 2. The van der Waals surface area contributed by atoms with Crippen molar-refractivity contribution in [2.75, 3.05) is 14.2 Å². The zero-order valence-corrected chi connectivity index (χ0v) is 13.0. The number of methoxy groups -OCH3 is 2. The number of benzene rings is 1. The van der Waals surface area contributed by atoms with Crippen molar-refractivity contribution in [1.29, 1.82) is 0 Å². The smallest absolute Gasteiger partial charge is 0.141 e. The number of aliphatic hydroxyl groups is 2. The van der Waals surface area contributed by atoms with E-state index in [2.05, 4.69) is 0 Å². The van der Waals surface area contributed by atoms with E-state index < -0.39 is 12.2 Å². The van der Waals surface area contributed by atoms with Crippen molar-refractivity contribution in [2.45, 2.75) is 44.8 Å². The standard InChI is InChI=1S/C15H23ClO4/c1-4-5-12(17)13(18)7-6-10-8-11(16)15(20-3)9-14(10)19-2/h8-9,12-13,17-18H,4-7H2,1-3H3. The molecule has 0 aromatic heterocycles. The molecule has 2 N–H and O–H groups in total. The maximum atomic E-state index is 9.90. The number of aryl methyl sites for hydroxylation is 1. The number of halogens is 1. The van der Waals surface area contributed by atoms with E-state index in [1.165, 1.54) is 0 Å². The zero-order chi connectivity index (χ0) is 15.1.